The van der Waals surface area contributed by atoms with E-state index in [2.05, 4.69) is 10.2 Å². The van der Waals surface area contributed by atoms with Crippen molar-refractivity contribution < 1.29 is 0 Å². The van der Waals surface area contributed by atoms with Crippen molar-refractivity contribution in [3.05, 3.63) is 43.0 Å². The molecule has 2 aromatic heterocycles. The lowest BCUT2D eigenvalue weighted by Gasteiger charge is -2.05. The Labute approximate surface area is 144 Å². The molecule has 0 aliphatic rings. The summed E-state index contributed by atoms with van der Waals surface area (Å²) in [4.78, 5) is 0. The topological polar surface area (TPSA) is 54.7 Å². The second-order valence-corrected chi connectivity index (χ2v) is 7.33. The second kappa shape index (κ2) is 5.71. The van der Waals surface area contributed by atoms with Crippen LogP contribution >= 0.6 is 57.7 Å². The average Bonchev–Trinajstić information content (AvgIpc) is 2.95. The lowest BCUT2D eigenvalue weighted by atomic mass is 10.0. The molecule has 3 aromatic rings. The summed E-state index contributed by atoms with van der Waals surface area (Å²) in [5.41, 5.74) is 8.91. The van der Waals surface area contributed by atoms with E-state index in [4.69, 9.17) is 52.1 Å². The molecule has 0 atom stereocenters. The SMILES string of the molecule is Nc1n[nH]c(-c2cc(Cl)sc2Cl)c1-c1ccc(Cl)c(Cl)c1. The van der Waals surface area contributed by atoms with Gasteiger partial charge in [-0.25, -0.2) is 0 Å². The van der Waals surface area contributed by atoms with Crippen LogP contribution in [-0.4, -0.2) is 10.2 Å². The predicted octanol–water partition coefficient (Wildman–Crippen LogP) is 6.00. The Kier molecular flexibility index (Phi) is 4.08. The summed E-state index contributed by atoms with van der Waals surface area (Å²) in [6.07, 6.45) is 0. The summed E-state index contributed by atoms with van der Waals surface area (Å²) < 4.78 is 1.15. The van der Waals surface area contributed by atoms with Gasteiger partial charge in [-0.15, -0.1) is 11.3 Å². The Morgan fingerprint density at radius 2 is 1.81 bits per heavy atom. The van der Waals surface area contributed by atoms with Gasteiger partial charge in [0.15, 0.2) is 5.82 Å². The minimum absolute atomic E-state index is 0.349. The molecule has 3 rings (SSSR count). The van der Waals surface area contributed by atoms with Gasteiger partial charge in [0, 0.05) is 5.56 Å². The van der Waals surface area contributed by atoms with Crippen LogP contribution in [0.2, 0.25) is 18.7 Å². The van der Waals surface area contributed by atoms with Crippen molar-refractivity contribution in [3.8, 4) is 22.4 Å². The molecule has 0 spiro atoms. The van der Waals surface area contributed by atoms with E-state index in [1.165, 1.54) is 11.3 Å². The van der Waals surface area contributed by atoms with E-state index in [0.717, 1.165) is 11.1 Å². The smallest absolute Gasteiger partial charge is 0.153 e. The molecule has 0 fully saturated rings. The van der Waals surface area contributed by atoms with E-state index in [1.807, 2.05) is 6.07 Å². The number of hydrogen-bond acceptors (Lipinski definition) is 3. The standard InChI is InChI=1S/C13H7Cl4N3S/c14-7-2-1-5(3-8(7)15)10-11(19-20-13(10)18)6-4-9(16)21-12(6)17/h1-4H,(H3,18,19,20). The number of aromatic nitrogens is 2. The summed E-state index contributed by atoms with van der Waals surface area (Å²) in [7, 11) is 0. The third-order valence-corrected chi connectivity index (χ3v) is 5.16. The van der Waals surface area contributed by atoms with E-state index in [1.54, 1.807) is 18.2 Å². The number of rotatable bonds is 2. The van der Waals surface area contributed by atoms with E-state index in [-0.39, 0.29) is 0 Å². The molecule has 0 unspecified atom stereocenters. The van der Waals surface area contributed by atoms with Gasteiger partial charge in [-0.2, -0.15) is 5.10 Å². The van der Waals surface area contributed by atoms with Crippen LogP contribution in [0.1, 0.15) is 0 Å². The van der Waals surface area contributed by atoms with Gasteiger partial charge in [0.05, 0.1) is 25.6 Å². The molecule has 0 amide bonds. The summed E-state index contributed by atoms with van der Waals surface area (Å²) in [5, 5.41) is 7.85. The molecule has 8 heteroatoms. The first-order valence-electron chi connectivity index (χ1n) is 5.72. The molecule has 21 heavy (non-hydrogen) atoms. The van der Waals surface area contributed by atoms with Gasteiger partial charge in [-0.1, -0.05) is 52.5 Å². The van der Waals surface area contributed by atoms with E-state index in [9.17, 15) is 0 Å². The van der Waals surface area contributed by atoms with Gasteiger partial charge in [0.1, 0.15) is 4.34 Å². The Balaban J connectivity index is 2.21. The minimum atomic E-state index is 0.349. The molecule has 3 N–H and O–H groups in total. The van der Waals surface area contributed by atoms with E-state index < -0.39 is 0 Å². The normalized spacial score (nSPS) is 11.0. The highest BCUT2D eigenvalue weighted by atomic mass is 35.5. The Hall–Kier alpha value is -0.910. The Morgan fingerprint density at radius 3 is 2.43 bits per heavy atom. The van der Waals surface area contributed by atoms with Gasteiger partial charge in [-0.05, 0) is 23.8 Å². The fourth-order valence-corrected chi connectivity index (χ4v) is 3.78. The summed E-state index contributed by atoms with van der Waals surface area (Å²) in [6.45, 7) is 0. The number of anilines is 1. The molecular formula is C13H7Cl4N3S. The van der Waals surface area contributed by atoms with Crippen LogP contribution in [0.25, 0.3) is 22.4 Å². The molecular weight excluding hydrogens is 372 g/mol. The first-order valence-corrected chi connectivity index (χ1v) is 8.04. The maximum atomic E-state index is 6.20. The van der Waals surface area contributed by atoms with Crippen molar-refractivity contribution in [3.63, 3.8) is 0 Å². The highest BCUT2D eigenvalue weighted by Crippen LogP contribution is 2.43. The number of aromatic amines is 1. The fraction of sp³-hybridized carbons (Fsp3) is 0. The minimum Gasteiger partial charge on any atom is -0.382 e. The molecule has 0 aliphatic carbocycles. The third-order valence-electron chi connectivity index (χ3n) is 2.93. The van der Waals surface area contributed by atoms with E-state index in [0.29, 0.717) is 35.8 Å². The fourth-order valence-electron chi connectivity index (χ4n) is 2.01. The van der Waals surface area contributed by atoms with Crippen LogP contribution in [0.5, 0.6) is 0 Å². The Bertz CT molecular complexity index is 825. The zero-order valence-electron chi connectivity index (χ0n) is 10.3. The molecule has 0 saturated heterocycles. The molecule has 2 heterocycles. The molecule has 108 valence electrons. The third kappa shape index (κ3) is 2.74. The zero-order chi connectivity index (χ0) is 15.1. The maximum Gasteiger partial charge on any atom is 0.153 e. The number of H-pyrrole nitrogens is 1. The van der Waals surface area contributed by atoms with Crippen molar-refractivity contribution in [2.24, 2.45) is 0 Å². The molecule has 0 bridgehead atoms. The van der Waals surface area contributed by atoms with Crippen LogP contribution < -0.4 is 5.73 Å². The number of hydrogen-bond donors (Lipinski definition) is 2. The van der Waals surface area contributed by atoms with Crippen LogP contribution in [0.15, 0.2) is 24.3 Å². The summed E-state index contributed by atoms with van der Waals surface area (Å²) >= 11 is 25.5. The Morgan fingerprint density at radius 1 is 1.05 bits per heavy atom. The van der Waals surface area contributed by atoms with Crippen LogP contribution in [0.3, 0.4) is 0 Å². The quantitative estimate of drug-likeness (QED) is 0.574. The van der Waals surface area contributed by atoms with Crippen molar-refractivity contribution in [2.75, 3.05) is 5.73 Å². The monoisotopic (exact) mass is 377 g/mol. The lowest BCUT2D eigenvalue weighted by molar-refractivity contribution is 1.10. The molecule has 3 nitrogen and oxygen atoms in total. The lowest BCUT2D eigenvalue weighted by Crippen LogP contribution is -1.89. The first-order chi connectivity index (χ1) is 9.97. The van der Waals surface area contributed by atoms with Gasteiger partial charge in [0.25, 0.3) is 0 Å². The van der Waals surface area contributed by atoms with E-state index >= 15 is 0 Å². The number of thiophene rings is 1. The number of nitrogen functional groups attached to an aromatic ring is 1. The molecule has 0 aliphatic heterocycles. The van der Waals surface area contributed by atoms with Gasteiger partial charge in [-0.3, -0.25) is 5.10 Å². The zero-order valence-corrected chi connectivity index (χ0v) is 14.1. The average molecular weight is 379 g/mol. The number of nitrogens with two attached hydrogens (primary N) is 1. The second-order valence-electron chi connectivity index (χ2n) is 4.23. The van der Waals surface area contributed by atoms with Crippen molar-refractivity contribution >= 4 is 63.6 Å². The van der Waals surface area contributed by atoms with Crippen molar-refractivity contribution in [1.82, 2.24) is 10.2 Å². The summed E-state index contributed by atoms with van der Waals surface area (Å²) in [5.74, 6) is 0.349. The number of halogens is 4. The van der Waals surface area contributed by atoms with Crippen LogP contribution in [-0.2, 0) is 0 Å². The number of nitrogens with one attached hydrogen (secondary N) is 1. The maximum absolute atomic E-state index is 6.20. The van der Waals surface area contributed by atoms with Crippen molar-refractivity contribution in [1.29, 1.82) is 0 Å². The first kappa shape index (κ1) is 15.0. The van der Waals surface area contributed by atoms with Crippen molar-refractivity contribution in [2.45, 2.75) is 0 Å². The summed E-state index contributed by atoms with van der Waals surface area (Å²) in [6, 6.07) is 7.03. The highest BCUT2D eigenvalue weighted by molar-refractivity contribution is 7.20. The van der Waals surface area contributed by atoms with Gasteiger partial charge < -0.3 is 5.73 Å². The molecule has 0 saturated carbocycles. The number of benzene rings is 1. The highest BCUT2D eigenvalue weighted by Gasteiger charge is 2.19. The van der Waals surface area contributed by atoms with Gasteiger partial charge >= 0.3 is 0 Å². The van der Waals surface area contributed by atoms with Gasteiger partial charge in [0.2, 0.25) is 0 Å². The van der Waals surface area contributed by atoms with Crippen LogP contribution in [0.4, 0.5) is 5.82 Å². The number of nitrogens with zero attached hydrogens (tertiary/aromatic N) is 1. The molecule has 1 aromatic carbocycles. The predicted molar refractivity (Wildman–Crippen MR) is 91.8 cm³/mol. The van der Waals surface area contributed by atoms with Crippen LogP contribution in [0, 0.1) is 0 Å². The molecule has 0 radical (unpaired) electrons. The largest absolute Gasteiger partial charge is 0.382 e.